The van der Waals surface area contributed by atoms with Crippen LogP contribution in [-0.2, 0) is 22.6 Å². The van der Waals surface area contributed by atoms with Crippen LogP contribution in [0.15, 0.2) is 42.5 Å². The first-order valence-electron chi connectivity index (χ1n) is 8.03. The van der Waals surface area contributed by atoms with Crippen molar-refractivity contribution in [2.45, 2.75) is 19.5 Å². The molecule has 0 spiro atoms. The van der Waals surface area contributed by atoms with Crippen LogP contribution < -0.4 is 5.73 Å². The third kappa shape index (κ3) is 6.30. The number of nitrogens with zero attached hydrogens (tertiary/aromatic N) is 1. The number of ether oxygens (including phenoxy) is 1. The van der Waals surface area contributed by atoms with Gasteiger partial charge < -0.3 is 15.4 Å². The maximum atomic E-state index is 13.4. The Morgan fingerprint density at radius 3 is 2.22 bits per heavy atom. The second-order valence-corrected chi connectivity index (χ2v) is 5.70. The quantitative estimate of drug-likeness (QED) is 0.727. The van der Waals surface area contributed by atoms with Crippen molar-refractivity contribution in [3.8, 4) is 0 Å². The lowest BCUT2D eigenvalue weighted by Crippen LogP contribution is -2.33. The summed E-state index contributed by atoms with van der Waals surface area (Å²) in [6.45, 7) is 0.476. The molecule has 0 fully saturated rings. The van der Waals surface area contributed by atoms with Gasteiger partial charge in [-0.3, -0.25) is 9.59 Å². The molecule has 8 heteroatoms. The van der Waals surface area contributed by atoms with E-state index in [1.54, 1.807) is 24.3 Å². The standard InChI is InChI=1S/C19H20F2N2O3.ClH/c1-26-18(24)8-9-23(12-14-4-7-16(20)17(21)10-14)19(25)15-5-2-13(11-22)3-6-15;/h2-7,10H,8-9,11-12,22H2,1H3;1H. The van der Waals surface area contributed by atoms with Crippen molar-refractivity contribution in [2.75, 3.05) is 13.7 Å². The first kappa shape index (κ1) is 22.5. The number of nitrogens with two attached hydrogens (primary N) is 1. The average molecular weight is 399 g/mol. The van der Waals surface area contributed by atoms with E-state index < -0.39 is 17.6 Å². The fraction of sp³-hybridized carbons (Fsp3) is 0.263. The van der Waals surface area contributed by atoms with Crippen molar-refractivity contribution in [3.05, 3.63) is 70.8 Å². The van der Waals surface area contributed by atoms with E-state index >= 15 is 0 Å². The molecule has 2 N–H and O–H groups in total. The Kier molecular flexibility index (Phi) is 8.84. The van der Waals surface area contributed by atoms with Crippen molar-refractivity contribution in [1.29, 1.82) is 0 Å². The average Bonchev–Trinajstić information content (AvgIpc) is 2.67. The molecule has 1 amide bonds. The van der Waals surface area contributed by atoms with E-state index in [0.29, 0.717) is 17.7 Å². The van der Waals surface area contributed by atoms with Gasteiger partial charge in [0.1, 0.15) is 0 Å². The number of hydrogen-bond donors (Lipinski definition) is 1. The first-order valence-corrected chi connectivity index (χ1v) is 8.03. The second kappa shape index (κ2) is 10.6. The van der Waals surface area contributed by atoms with Crippen LogP contribution in [0.25, 0.3) is 0 Å². The van der Waals surface area contributed by atoms with E-state index in [1.165, 1.54) is 18.1 Å². The van der Waals surface area contributed by atoms with E-state index in [1.807, 2.05) is 0 Å². The maximum Gasteiger partial charge on any atom is 0.307 e. The van der Waals surface area contributed by atoms with Gasteiger partial charge in [-0.05, 0) is 35.4 Å². The number of carbonyl (C=O) groups is 2. The molecule has 0 radical (unpaired) electrons. The van der Waals surface area contributed by atoms with Crippen LogP contribution in [0.5, 0.6) is 0 Å². The molecule has 2 aromatic rings. The van der Waals surface area contributed by atoms with E-state index in [-0.39, 0.29) is 37.8 Å². The smallest absolute Gasteiger partial charge is 0.307 e. The Morgan fingerprint density at radius 1 is 1.04 bits per heavy atom. The lowest BCUT2D eigenvalue weighted by molar-refractivity contribution is -0.140. The van der Waals surface area contributed by atoms with Crippen LogP contribution in [0.2, 0.25) is 0 Å². The van der Waals surface area contributed by atoms with Crippen molar-refractivity contribution < 1.29 is 23.1 Å². The van der Waals surface area contributed by atoms with Gasteiger partial charge in [0.2, 0.25) is 0 Å². The number of hydrogen-bond acceptors (Lipinski definition) is 4. The minimum absolute atomic E-state index is 0. The summed E-state index contributed by atoms with van der Waals surface area (Å²) in [6, 6.07) is 10.2. The zero-order valence-corrected chi connectivity index (χ0v) is 15.6. The molecule has 0 aliphatic rings. The molecule has 0 saturated carbocycles. The van der Waals surface area contributed by atoms with Gasteiger partial charge in [0, 0.05) is 25.2 Å². The third-order valence-electron chi connectivity index (χ3n) is 3.89. The highest BCUT2D eigenvalue weighted by Crippen LogP contribution is 2.15. The van der Waals surface area contributed by atoms with Gasteiger partial charge in [-0.1, -0.05) is 18.2 Å². The largest absolute Gasteiger partial charge is 0.469 e. The van der Waals surface area contributed by atoms with Crippen molar-refractivity contribution in [2.24, 2.45) is 5.73 Å². The topological polar surface area (TPSA) is 72.6 Å². The zero-order chi connectivity index (χ0) is 19.1. The molecule has 2 rings (SSSR count). The highest BCUT2D eigenvalue weighted by molar-refractivity contribution is 5.94. The Balaban J connectivity index is 0.00000364. The normalized spacial score (nSPS) is 10.1. The number of rotatable bonds is 7. The molecule has 0 aromatic heterocycles. The van der Waals surface area contributed by atoms with E-state index in [2.05, 4.69) is 4.74 Å². The Morgan fingerprint density at radius 2 is 1.67 bits per heavy atom. The molecule has 2 aromatic carbocycles. The summed E-state index contributed by atoms with van der Waals surface area (Å²) in [6.07, 6.45) is -0.00714. The number of halogens is 3. The number of methoxy groups -OCH3 is 1. The first-order chi connectivity index (χ1) is 12.4. The molecule has 0 aliphatic carbocycles. The molecular formula is C19H21ClF2N2O3. The van der Waals surface area contributed by atoms with Gasteiger partial charge in [-0.15, -0.1) is 12.4 Å². The minimum Gasteiger partial charge on any atom is -0.469 e. The Bertz CT molecular complexity index is 785. The second-order valence-electron chi connectivity index (χ2n) is 5.70. The van der Waals surface area contributed by atoms with Crippen LogP contribution in [-0.4, -0.2) is 30.4 Å². The highest BCUT2D eigenvalue weighted by atomic mass is 35.5. The van der Waals surface area contributed by atoms with Crippen LogP contribution in [0.3, 0.4) is 0 Å². The van der Waals surface area contributed by atoms with Crippen LogP contribution in [0.1, 0.15) is 27.9 Å². The number of carbonyl (C=O) groups excluding carboxylic acids is 2. The van der Waals surface area contributed by atoms with Crippen LogP contribution in [0.4, 0.5) is 8.78 Å². The highest BCUT2D eigenvalue weighted by Gasteiger charge is 2.18. The fourth-order valence-electron chi connectivity index (χ4n) is 2.41. The minimum atomic E-state index is -0.991. The SMILES string of the molecule is COC(=O)CCN(Cc1ccc(F)c(F)c1)C(=O)c1ccc(CN)cc1.Cl. The van der Waals surface area contributed by atoms with E-state index in [0.717, 1.165) is 17.7 Å². The number of esters is 1. The summed E-state index contributed by atoms with van der Waals surface area (Å²) >= 11 is 0. The molecule has 0 unspecified atom stereocenters. The fourth-order valence-corrected chi connectivity index (χ4v) is 2.41. The summed E-state index contributed by atoms with van der Waals surface area (Å²) in [4.78, 5) is 25.6. The lowest BCUT2D eigenvalue weighted by atomic mass is 10.1. The Hall–Kier alpha value is -2.51. The Labute approximate surface area is 162 Å². The van der Waals surface area contributed by atoms with Crippen LogP contribution in [0, 0.1) is 11.6 Å². The maximum absolute atomic E-state index is 13.4. The van der Waals surface area contributed by atoms with Gasteiger partial charge >= 0.3 is 5.97 Å². The molecule has 0 heterocycles. The predicted molar refractivity (Wildman–Crippen MR) is 99.3 cm³/mol. The lowest BCUT2D eigenvalue weighted by Gasteiger charge is -2.23. The molecule has 0 bridgehead atoms. The van der Waals surface area contributed by atoms with Gasteiger partial charge in [0.05, 0.1) is 13.5 Å². The molecule has 0 aliphatic heterocycles. The molecule has 27 heavy (non-hydrogen) atoms. The molecule has 146 valence electrons. The molecule has 5 nitrogen and oxygen atoms in total. The predicted octanol–water partition coefficient (Wildman–Crippen LogP) is 3.05. The van der Waals surface area contributed by atoms with Gasteiger partial charge in [-0.2, -0.15) is 0 Å². The summed E-state index contributed by atoms with van der Waals surface area (Å²) in [5.41, 5.74) is 7.25. The number of amides is 1. The van der Waals surface area contributed by atoms with Crippen molar-refractivity contribution in [3.63, 3.8) is 0 Å². The van der Waals surface area contributed by atoms with Gasteiger partial charge in [0.25, 0.3) is 5.91 Å². The number of benzene rings is 2. The van der Waals surface area contributed by atoms with Crippen LogP contribution >= 0.6 is 12.4 Å². The molecule has 0 atom stereocenters. The third-order valence-corrected chi connectivity index (χ3v) is 3.89. The monoisotopic (exact) mass is 398 g/mol. The van der Waals surface area contributed by atoms with Gasteiger partial charge in [-0.25, -0.2) is 8.78 Å². The summed E-state index contributed by atoms with van der Waals surface area (Å²) in [7, 11) is 1.26. The molecular weight excluding hydrogens is 378 g/mol. The summed E-state index contributed by atoms with van der Waals surface area (Å²) in [5.74, 6) is -2.75. The summed E-state index contributed by atoms with van der Waals surface area (Å²) in [5, 5.41) is 0. The zero-order valence-electron chi connectivity index (χ0n) is 14.8. The van der Waals surface area contributed by atoms with E-state index in [9.17, 15) is 18.4 Å². The summed E-state index contributed by atoms with van der Waals surface area (Å²) < 4.78 is 31.1. The van der Waals surface area contributed by atoms with E-state index in [4.69, 9.17) is 5.73 Å². The van der Waals surface area contributed by atoms with Crippen molar-refractivity contribution >= 4 is 24.3 Å². The van der Waals surface area contributed by atoms with Gasteiger partial charge in [0.15, 0.2) is 11.6 Å². The molecule has 0 saturated heterocycles. The van der Waals surface area contributed by atoms with Crippen molar-refractivity contribution in [1.82, 2.24) is 4.90 Å².